The van der Waals surface area contributed by atoms with Crippen LogP contribution in [0.3, 0.4) is 0 Å². The topological polar surface area (TPSA) is 96.5 Å². The molecule has 0 aliphatic heterocycles. The Morgan fingerprint density at radius 3 is 2.53 bits per heavy atom. The molecule has 0 radical (unpaired) electrons. The number of benzene rings is 2. The molecule has 2 aromatic rings. The van der Waals surface area contributed by atoms with E-state index >= 15 is 0 Å². The lowest BCUT2D eigenvalue weighted by Crippen LogP contribution is -2.39. The predicted molar refractivity (Wildman–Crippen MR) is 157 cm³/mol. The second kappa shape index (κ2) is 14.2. The van der Waals surface area contributed by atoms with Crippen molar-refractivity contribution in [3.63, 3.8) is 0 Å². The summed E-state index contributed by atoms with van der Waals surface area (Å²) in [4.78, 5) is 12.3. The Bertz CT molecular complexity index is 1270. The van der Waals surface area contributed by atoms with Crippen LogP contribution in [0.25, 0.3) is 0 Å². The number of hydrogen-bond donors (Lipinski definition) is 3. The molecule has 3 N–H and O–H groups in total. The van der Waals surface area contributed by atoms with Crippen LogP contribution in [0.4, 0.5) is 0 Å². The number of carbonyl (C=O) groups is 1. The number of ether oxygens (including phenoxy) is 1. The molecule has 0 aromatic heterocycles. The van der Waals surface area contributed by atoms with Gasteiger partial charge in [-0.15, -0.1) is 0 Å². The van der Waals surface area contributed by atoms with Crippen LogP contribution in [0, 0.1) is 19.8 Å². The lowest BCUT2D eigenvalue weighted by Gasteiger charge is -2.21. The fraction of sp³-hybridized carbons (Fsp3) is 0.379. The van der Waals surface area contributed by atoms with Gasteiger partial charge in [-0.3, -0.25) is 0 Å². The van der Waals surface area contributed by atoms with Gasteiger partial charge >= 0.3 is 5.97 Å². The normalized spacial score (nSPS) is 15.9. The van der Waals surface area contributed by atoms with Crippen molar-refractivity contribution < 1.29 is 17.9 Å². The number of hydrogen-bond acceptors (Lipinski definition) is 5. The van der Waals surface area contributed by atoms with Gasteiger partial charge in [-0.1, -0.05) is 54.6 Å². The van der Waals surface area contributed by atoms with E-state index in [0.29, 0.717) is 43.2 Å². The summed E-state index contributed by atoms with van der Waals surface area (Å²) in [5, 5.41) is 7.08. The quantitative estimate of drug-likeness (QED) is 0.269. The maximum Gasteiger partial charge on any atom is 0.338 e. The predicted octanol–water partition coefficient (Wildman–Crippen LogP) is 3.98. The van der Waals surface area contributed by atoms with E-state index in [1.807, 2.05) is 36.4 Å². The first-order valence-electron chi connectivity index (χ1n) is 12.7. The summed E-state index contributed by atoms with van der Waals surface area (Å²) in [5.41, 5.74) is 5.34. The van der Waals surface area contributed by atoms with Crippen molar-refractivity contribution in [2.24, 2.45) is 5.92 Å². The fourth-order valence-electron chi connectivity index (χ4n) is 4.16. The molecule has 38 heavy (non-hydrogen) atoms. The Morgan fingerprint density at radius 2 is 1.87 bits per heavy atom. The van der Waals surface area contributed by atoms with Crippen LogP contribution in [0.2, 0.25) is 0 Å². The Hall–Kier alpha value is -3.01. The molecule has 0 fully saturated rings. The van der Waals surface area contributed by atoms with Crippen molar-refractivity contribution in [2.45, 2.75) is 39.2 Å². The standard InChI is InChI=1S/C29H37N3O4S2/c1-21-9-10-24(17-22(21)2)18-25(15-16-36-28(33)26-7-5-4-6-8-26)20-31-29(37)30-19-23-11-13-27(14-12-23)32-38(3,34)35/h4-13,17,25,27,32H,14-16,18-20H2,1-3H3,(H2,30,31,37). The van der Waals surface area contributed by atoms with Crippen molar-refractivity contribution in [3.05, 3.63) is 94.6 Å². The molecule has 0 saturated heterocycles. The molecule has 0 spiro atoms. The van der Waals surface area contributed by atoms with Crippen LogP contribution < -0.4 is 15.4 Å². The molecular formula is C29H37N3O4S2. The van der Waals surface area contributed by atoms with Gasteiger partial charge in [0, 0.05) is 19.1 Å². The molecule has 0 amide bonds. The molecule has 2 aromatic carbocycles. The van der Waals surface area contributed by atoms with Gasteiger partial charge in [0.25, 0.3) is 0 Å². The fourth-order valence-corrected chi connectivity index (χ4v) is 5.04. The third-order valence-corrected chi connectivity index (χ3v) is 7.43. The van der Waals surface area contributed by atoms with Gasteiger partial charge in [-0.25, -0.2) is 17.9 Å². The van der Waals surface area contributed by atoms with Crippen molar-refractivity contribution in [2.75, 3.05) is 26.0 Å². The van der Waals surface area contributed by atoms with E-state index in [-0.39, 0.29) is 17.9 Å². The molecule has 7 nitrogen and oxygen atoms in total. The highest BCUT2D eigenvalue weighted by Gasteiger charge is 2.15. The molecular weight excluding hydrogens is 518 g/mol. The first kappa shape index (κ1) is 29.5. The van der Waals surface area contributed by atoms with Gasteiger partial charge in [-0.05, 0) is 85.6 Å². The van der Waals surface area contributed by atoms with Gasteiger partial charge in [-0.2, -0.15) is 0 Å². The van der Waals surface area contributed by atoms with Crippen LogP contribution >= 0.6 is 12.2 Å². The first-order chi connectivity index (χ1) is 18.1. The van der Waals surface area contributed by atoms with Crippen LogP contribution in [-0.2, 0) is 21.2 Å². The van der Waals surface area contributed by atoms with E-state index < -0.39 is 10.0 Å². The van der Waals surface area contributed by atoms with Crippen LogP contribution in [0.5, 0.6) is 0 Å². The van der Waals surface area contributed by atoms with Gasteiger partial charge in [0.1, 0.15) is 0 Å². The van der Waals surface area contributed by atoms with E-state index in [2.05, 4.69) is 47.4 Å². The highest BCUT2D eigenvalue weighted by molar-refractivity contribution is 7.88. The molecule has 1 aliphatic carbocycles. The zero-order valence-electron chi connectivity index (χ0n) is 22.2. The summed E-state index contributed by atoms with van der Waals surface area (Å²) >= 11 is 5.51. The smallest absolute Gasteiger partial charge is 0.338 e. The lowest BCUT2D eigenvalue weighted by molar-refractivity contribution is 0.0483. The molecule has 2 unspecified atom stereocenters. The number of thiocarbonyl (C=S) groups is 1. The van der Waals surface area contributed by atoms with Crippen molar-refractivity contribution >= 4 is 33.3 Å². The molecule has 9 heteroatoms. The van der Waals surface area contributed by atoms with Crippen LogP contribution in [-0.4, -0.2) is 51.5 Å². The van der Waals surface area contributed by atoms with Gasteiger partial charge in [0.05, 0.1) is 18.4 Å². The summed E-state index contributed by atoms with van der Waals surface area (Å²) in [5.74, 6) is -0.111. The third kappa shape index (κ3) is 10.4. The lowest BCUT2D eigenvalue weighted by atomic mass is 9.94. The van der Waals surface area contributed by atoms with Crippen molar-refractivity contribution in [3.8, 4) is 0 Å². The Balaban J connectivity index is 1.50. The Labute approximate surface area is 231 Å². The number of carbonyl (C=O) groups excluding carboxylic acids is 1. The molecule has 0 heterocycles. The summed E-state index contributed by atoms with van der Waals surface area (Å²) in [6.07, 6.45) is 9.05. The molecule has 204 valence electrons. The van der Waals surface area contributed by atoms with Crippen molar-refractivity contribution in [1.82, 2.24) is 15.4 Å². The average Bonchev–Trinajstić information content (AvgIpc) is 2.88. The molecule has 2 atom stereocenters. The number of esters is 1. The van der Waals surface area contributed by atoms with E-state index in [9.17, 15) is 13.2 Å². The first-order valence-corrected chi connectivity index (χ1v) is 15.0. The Morgan fingerprint density at radius 1 is 1.11 bits per heavy atom. The van der Waals surface area contributed by atoms with E-state index in [1.165, 1.54) is 16.7 Å². The largest absolute Gasteiger partial charge is 0.462 e. The zero-order valence-corrected chi connectivity index (χ0v) is 23.8. The molecule has 0 saturated carbocycles. The maximum atomic E-state index is 12.3. The minimum Gasteiger partial charge on any atom is -0.462 e. The number of rotatable bonds is 12. The highest BCUT2D eigenvalue weighted by atomic mass is 32.2. The minimum absolute atomic E-state index is 0.206. The van der Waals surface area contributed by atoms with Crippen LogP contribution in [0.1, 0.15) is 39.9 Å². The van der Waals surface area contributed by atoms with E-state index in [1.54, 1.807) is 12.1 Å². The van der Waals surface area contributed by atoms with E-state index in [4.69, 9.17) is 17.0 Å². The second-order valence-electron chi connectivity index (χ2n) is 9.71. The zero-order chi connectivity index (χ0) is 27.5. The summed E-state index contributed by atoms with van der Waals surface area (Å²) in [6.45, 7) is 5.72. The summed E-state index contributed by atoms with van der Waals surface area (Å²) < 4.78 is 30.9. The molecule has 0 bridgehead atoms. The Kier molecular flexibility index (Phi) is 11.1. The summed E-state index contributed by atoms with van der Waals surface area (Å²) in [6, 6.07) is 15.3. The SMILES string of the molecule is Cc1ccc(CC(CCOC(=O)c2ccccc2)CNC(=S)NCC2=CCC(NS(C)(=O)=O)C=C2)cc1C. The monoisotopic (exact) mass is 555 g/mol. The summed E-state index contributed by atoms with van der Waals surface area (Å²) in [7, 11) is -3.24. The molecule has 1 aliphatic rings. The van der Waals surface area contributed by atoms with Gasteiger partial charge in [0.2, 0.25) is 10.0 Å². The minimum atomic E-state index is -3.24. The van der Waals surface area contributed by atoms with Gasteiger partial charge < -0.3 is 15.4 Å². The van der Waals surface area contributed by atoms with Gasteiger partial charge in [0.15, 0.2) is 5.11 Å². The number of nitrogens with one attached hydrogen (secondary N) is 3. The number of sulfonamides is 1. The molecule has 3 rings (SSSR count). The van der Waals surface area contributed by atoms with Crippen molar-refractivity contribution in [1.29, 1.82) is 0 Å². The highest BCUT2D eigenvalue weighted by Crippen LogP contribution is 2.17. The average molecular weight is 556 g/mol. The van der Waals surface area contributed by atoms with E-state index in [0.717, 1.165) is 18.2 Å². The van der Waals surface area contributed by atoms with Crippen LogP contribution in [0.15, 0.2) is 72.3 Å². The maximum absolute atomic E-state index is 12.3. The third-order valence-electron chi connectivity index (χ3n) is 6.41. The second-order valence-corrected chi connectivity index (χ2v) is 11.9. The number of aryl methyl sites for hydroxylation is 2.